The zero-order valence-electron chi connectivity index (χ0n) is 10.7. The van der Waals surface area contributed by atoms with E-state index in [1.54, 1.807) is 0 Å². The molecule has 0 N–H and O–H groups in total. The van der Waals surface area contributed by atoms with Gasteiger partial charge in [-0.1, -0.05) is 56.9 Å². The Hall–Kier alpha value is -0.520. The number of rotatable bonds is 10. The average molecular weight is 208 g/mol. The van der Waals surface area contributed by atoms with Gasteiger partial charge in [0.15, 0.2) is 0 Å². The molecule has 0 aliphatic rings. The molecule has 88 valence electrons. The molecule has 15 heavy (non-hydrogen) atoms. The molecule has 0 heteroatoms. The fourth-order valence-corrected chi connectivity index (χ4v) is 1.62. The Morgan fingerprint density at radius 2 is 1.27 bits per heavy atom. The molecule has 0 aromatic carbocycles. The van der Waals surface area contributed by atoms with Crippen LogP contribution < -0.4 is 0 Å². The van der Waals surface area contributed by atoms with Crippen LogP contribution in [0.1, 0.15) is 71.6 Å². The lowest BCUT2D eigenvalue weighted by Gasteiger charge is -1.96. The summed E-state index contributed by atoms with van der Waals surface area (Å²) < 4.78 is 0. The van der Waals surface area contributed by atoms with Crippen molar-refractivity contribution in [3.8, 4) is 0 Å². The van der Waals surface area contributed by atoms with E-state index in [-0.39, 0.29) is 0 Å². The SMILES string of the molecule is CC=CCCCC=CCCCCCCC. The van der Waals surface area contributed by atoms with Gasteiger partial charge in [0.05, 0.1) is 0 Å². The maximum atomic E-state index is 2.36. The second-order valence-corrected chi connectivity index (χ2v) is 4.17. The Morgan fingerprint density at radius 3 is 1.93 bits per heavy atom. The fraction of sp³-hybridized carbons (Fsp3) is 0.733. The van der Waals surface area contributed by atoms with Gasteiger partial charge < -0.3 is 0 Å². The van der Waals surface area contributed by atoms with E-state index in [2.05, 4.69) is 38.2 Å². The summed E-state index contributed by atoms with van der Waals surface area (Å²) in [5, 5.41) is 0. The largest absolute Gasteiger partial charge is 0.0917 e. The molecule has 0 heterocycles. The van der Waals surface area contributed by atoms with Crippen LogP contribution in [-0.2, 0) is 0 Å². The topological polar surface area (TPSA) is 0 Å². The standard InChI is InChI=1S/C15H28/c1-3-5-7-9-11-13-15-14-12-10-8-6-4-2/h3,5,13,15H,4,6-12,14H2,1-2H3. The average Bonchev–Trinajstić information content (AvgIpc) is 2.26. The Morgan fingerprint density at radius 1 is 0.667 bits per heavy atom. The summed E-state index contributed by atoms with van der Waals surface area (Å²) in [6.07, 6.45) is 21.1. The minimum Gasteiger partial charge on any atom is -0.0917 e. The predicted molar refractivity (Wildman–Crippen MR) is 71.2 cm³/mol. The quantitative estimate of drug-likeness (QED) is 0.321. The molecular formula is C15H28. The molecule has 0 bridgehead atoms. The highest BCUT2D eigenvalue weighted by Crippen LogP contribution is 2.06. The fourth-order valence-electron chi connectivity index (χ4n) is 1.62. The monoisotopic (exact) mass is 208 g/mol. The van der Waals surface area contributed by atoms with Crippen molar-refractivity contribution < 1.29 is 0 Å². The van der Waals surface area contributed by atoms with E-state index in [1.807, 2.05) is 0 Å². The Balaban J connectivity index is 3.03. The Labute approximate surface area is 96.5 Å². The molecule has 0 atom stereocenters. The smallest absolute Gasteiger partial charge is 0.0348 e. The summed E-state index contributed by atoms with van der Waals surface area (Å²) >= 11 is 0. The number of hydrogen-bond acceptors (Lipinski definition) is 0. The van der Waals surface area contributed by atoms with Gasteiger partial charge in [-0.25, -0.2) is 0 Å². The zero-order valence-corrected chi connectivity index (χ0v) is 10.7. The first kappa shape index (κ1) is 14.5. The lowest BCUT2D eigenvalue weighted by molar-refractivity contribution is 0.637. The molecule has 0 aromatic rings. The van der Waals surface area contributed by atoms with E-state index >= 15 is 0 Å². The van der Waals surface area contributed by atoms with Crippen LogP contribution in [0.15, 0.2) is 24.3 Å². The summed E-state index contributed by atoms with van der Waals surface area (Å²) in [6, 6.07) is 0. The predicted octanol–water partition coefficient (Wildman–Crippen LogP) is 5.65. The minimum atomic E-state index is 1.23. The minimum absolute atomic E-state index is 1.23. The van der Waals surface area contributed by atoms with Crippen LogP contribution in [0.5, 0.6) is 0 Å². The van der Waals surface area contributed by atoms with E-state index in [9.17, 15) is 0 Å². The van der Waals surface area contributed by atoms with Gasteiger partial charge in [0, 0.05) is 0 Å². The van der Waals surface area contributed by atoms with Crippen LogP contribution in [0.4, 0.5) is 0 Å². The van der Waals surface area contributed by atoms with Crippen LogP contribution >= 0.6 is 0 Å². The van der Waals surface area contributed by atoms with Gasteiger partial charge in [0.25, 0.3) is 0 Å². The number of unbranched alkanes of at least 4 members (excludes halogenated alkanes) is 7. The number of allylic oxidation sites excluding steroid dienone is 4. The highest BCUT2D eigenvalue weighted by Gasteiger charge is 1.86. The van der Waals surface area contributed by atoms with Crippen molar-refractivity contribution in [3.05, 3.63) is 24.3 Å². The second-order valence-electron chi connectivity index (χ2n) is 4.17. The highest BCUT2D eigenvalue weighted by molar-refractivity contribution is 4.83. The van der Waals surface area contributed by atoms with E-state index in [0.29, 0.717) is 0 Å². The van der Waals surface area contributed by atoms with E-state index in [1.165, 1.54) is 57.8 Å². The summed E-state index contributed by atoms with van der Waals surface area (Å²) in [4.78, 5) is 0. The lowest BCUT2D eigenvalue weighted by Crippen LogP contribution is -1.76. The van der Waals surface area contributed by atoms with Crippen molar-refractivity contribution in [2.45, 2.75) is 71.6 Å². The molecule has 0 fully saturated rings. The molecule has 0 saturated carbocycles. The first-order chi connectivity index (χ1) is 7.41. The lowest BCUT2D eigenvalue weighted by atomic mass is 10.1. The van der Waals surface area contributed by atoms with Crippen molar-refractivity contribution in [2.75, 3.05) is 0 Å². The van der Waals surface area contributed by atoms with Gasteiger partial charge >= 0.3 is 0 Å². The third kappa shape index (κ3) is 13.5. The molecule has 0 aliphatic heterocycles. The maximum Gasteiger partial charge on any atom is -0.0348 e. The molecule has 0 amide bonds. The number of hydrogen-bond donors (Lipinski definition) is 0. The maximum absolute atomic E-state index is 2.36. The summed E-state index contributed by atoms with van der Waals surface area (Å²) in [7, 11) is 0. The van der Waals surface area contributed by atoms with Gasteiger partial charge in [-0.05, 0) is 39.0 Å². The Kier molecular flexibility index (Phi) is 13.0. The van der Waals surface area contributed by atoms with Crippen LogP contribution in [0.25, 0.3) is 0 Å². The van der Waals surface area contributed by atoms with E-state index in [4.69, 9.17) is 0 Å². The molecule has 0 saturated heterocycles. The van der Waals surface area contributed by atoms with E-state index < -0.39 is 0 Å². The molecule has 0 unspecified atom stereocenters. The van der Waals surface area contributed by atoms with Crippen molar-refractivity contribution in [2.24, 2.45) is 0 Å². The molecule has 0 aliphatic carbocycles. The molecule has 0 aromatic heterocycles. The third-order valence-electron chi connectivity index (χ3n) is 2.62. The van der Waals surface area contributed by atoms with Crippen molar-refractivity contribution in [3.63, 3.8) is 0 Å². The molecule has 0 rings (SSSR count). The summed E-state index contributed by atoms with van der Waals surface area (Å²) in [5.41, 5.74) is 0. The molecular weight excluding hydrogens is 180 g/mol. The van der Waals surface area contributed by atoms with Crippen LogP contribution in [0.3, 0.4) is 0 Å². The molecule has 0 spiro atoms. The normalized spacial score (nSPS) is 11.9. The first-order valence-corrected chi connectivity index (χ1v) is 6.68. The second kappa shape index (κ2) is 13.5. The van der Waals surface area contributed by atoms with Crippen molar-refractivity contribution >= 4 is 0 Å². The molecule has 0 nitrogen and oxygen atoms in total. The summed E-state index contributed by atoms with van der Waals surface area (Å²) in [5.74, 6) is 0. The first-order valence-electron chi connectivity index (χ1n) is 6.68. The van der Waals surface area contributed by atoms with Gasteiger partial charge in [-0.2, -0.15) is 0 Å². The molecule has 0 radical (unpaired) electrons. The van der Waals surface area contributed by atoms with Gasteiger partial charge in [0.1, 0.15) is 0 Å². The van der Waals surface area contributed by atoms with Crippen LogP contribution in [0.2, 0.25) is 0 Å². The van der Waals surface area contributed by atoms with Crippen molar-refractivity contribution in [1.82, 2.24) is 0 Å². The van der Waals surface area contributed by atoms with Gasteiger partial charge in [-0.3, -0.25) is 0 Å². The zero-order chi connectivity index (χ0) is 11.2. The summed E-state index contributed by atoms with van der Waals surface area (Å²) in [6.45, 7) is 4.36. The van der Waals surface area contributed by atoms with Gasteiger partial charge in [-0.15, -0.1) is 0 Å². The van der Waals surface area contributed by atoms with Crippen LogP contribution in [0, 0.1) is 0 Å². The van der Waals surface area contributed by atoms with Gasteiger partial charge in [0.2, 0.25) is 0 Å². The van der Waals surface area contributed by atoms with Crippen molar-refractivity contribution in [1.29, 1.82) is 0 Å². The Bertz CT molecular complexity index is 153. The third-order valence-corrected chi connectivity index (χ3v) is 2.62. The van der Waals surface area contributed by atoms with E-state index in [0.717, 1.165) is 0 Å². The van der Waals surface area contributed by atoms with Crippen LogP contribution in [-0.4, -0.2) is 0 Å². The highest BCUT2D eigenvalue weighted by atomic mass is 13.9.